The molecule has 2 heterocycles. The molecule has 1 aromatic carbocycles. The number of methoxy groups -OCH3 is 1. The van der Waals surface area contributed by atoms with Gasteiger partial charge in [0, 0.05) is 37.8 Å². The van der Waals surface area contributed by atoms with Crippen LogP contribution < -0.4 is 20.1 Å². The van der Waals surface area contributed by atoms with Gasteiger partial charge in [-0.1, -0.05) is 32.9 Å². The lowest BCUT2D eigenvalue weighted by molar-refractivity contribution is -0.142. The minimum Gasteiger partial charge on any atom is -0.497 e. The van der Waals surface area contributed by atoms with Gasteiger partial charge in [0.05, 0.1) is 7.11 Å². The maximum atomic E-state index is 12.4. The van der Waals surface area contributed by atoms with E-state index >= 15 is 0 Å². The van der Waals surface area contributed by atoms with Crippen molar-refractivity contribution in [2.45, 2.75) is 71.8 Å². The number of aliphatic carboxylic acids is 1. The number of carboxylic acids is 1. The number of rotatable bonds is 16. The second-order valence-corrected chi connectivity index (χ2v) is 11.7. The number of aryl methyl sites for hydroxylation is 2. The van der Waals surface area contributed by atoms with E-state index in [1.54, 1.807) is 7.11 Å². The summed E-state index contributed by atoms with van der Waals surface area (Å²) in [7, 11) is 1.62. The maximum Gasteiger partial charge on any atom is 0.326 e. The molecule has 0 radical (unpaired) electrons. The fourth-order valence-corrected chi connectivity index (χ4v) is 4.76. The minimum absolute atomic E-state index is 0.209. The Morgan fingerprint density at radius 3 is 2.67 bits per heavy atom. The summed E-state index contributed by atoms with van der Waals surface area (Å²) in [6.45, 7) is 9.29. The fraction of sp³-hybridized carbons (Fsp3) is 0.581. The number of pyridine rings is 1. The van der Waals surface area contributed by atoms with E-state index in [0.717, 1.165) is 68.2 Å². The van der Waals surface area contributed by atoms with Crippen molar-refractivity contribution in [3.63, 3.8) is 0 Å². The Labute approximate surface area is 238 Å². The summed E-state index contributed by atoms with van der Waals surface area (Å²) in [5.74, 6) is 1.23. The highest BCUT2D eigenvalue weighted by Gasteiger charge is 2.24. The molecule has 40 heavy (non-hydrogen) atoms. The molecule has 3 N–H and O–H groups in total. The topological polar surface area (TPSA) is 113 Å². The third kappa shape index (κ3) is 11.0. The maximum absolute atomic E-state index is 12.4. The van der Waals surface area contributed by atoms with Crippen LogP contribution in [0.4, 0.5) is 5.82 Å². The molecule has 2 aromatic rings. The Morgan fingerprint density at radius 2 is 1.93 bits per heavy atom. The number of benzene rings is 1. The molecule has 0 aliphatic carbocycles. The van der Waals surface area contributed by atoms with Gasteiger partial charge in [-0.2, -0.15) is 0 Å². The van der Waals surface area contributed by atoms with Crippen LogP contribution in [0, 0.1) is 5.41 Å². The first-order valence-electron chi connectivity index (χ1n) is 14.4. The first-order valence-corrected chi connectivity index (χ1v) is 14.4. The van der Waals surface area contributed by atoms with Gasteiger partial charge >= 0.3 is 5.97 Å². The van der Waals surface area contributed by atoms with E-state index in [-0.39, 0.29) is 17.7 Å². The van der Waals surface area contributed by atoms with Gasteiger partial charge in [0.2, 0.25) is 5.91 Å². The van der Waals surface area contributed by atoms with E-state index in [1.165, 1.54) is 5.56 Å². The number of unbranched alkanes of at least 4 members (excludes halogenated alkanes) is 1. The number of hydrogen-bond donors (Lipinski definition) is 3. The Kier molecular flexibility index (Phi) is 12.1. The zero-order chi connectivity index (χ0) is 29.0. The van der Waals surface area contributed by atoms with Crippen LogP contribution in [0.3, 0.4) is 0 Å². The number of amides is 1. The summed E-state index contributed by atoms with van der Waals surface area (Å²) in [6.07, 6.45) is 5.64. The first-order chi connectivity index (χ1) is 19.1. The molecule has 0 fully saturated rings. The van der Waals surface area contributed by atoms with Gasteiger partial charge < -0.3 is 25.2 Å². The minimum atomic E-state index is -1.01. The van der Waals surface area contributed by atoms with E-state index in [0.29, 0.717) is 26.1 Å². The smallest absolute Gasteiger partial charge is 0.326 e. The third-order valence-electron chi connectivity index (χ3n) is 6.88. The third-order valence-corrected chi connectivity index (χ3v) is 6.88. The number of carboxylic acid groups (broad SMARTS) is 1. The molecule has 0 bridgehead atoms. The molecule has 9 nitrogen and oxygen atoms in total. The van der Waals surface area contributed by atoms with Crippen molar-refractivity contribution in [1.29, 1.82) is 0 Å². The fourth-order valence-electron chi connectivity index (χ4n) is 4.76. The second kappa shape index (κ2) is 15.5. The summed E-state index contributed by atoms with van der Waals surface area (Å²) >= 11 is 0. The molecule has 1 atom stereocenters. The van der Waals surface area contributed by atoms with Crippen LogP contribution >= 0.6 is 0 Å². The summed E-state index contributed by atoms with van der Waals surface area (Å²) in [5.41, 5.74) is 2.17. The Hall–Kier alpha value is -3.33. The van der Waals surface area contributed by atoms with E-state index in [2.05, 4.69) is 27.7 Å². The Morgan fingerprint density at radius 1 is 1.12 bits per heavy atom. The van der Waals surface area contributed by atoms with Crippen molar-refractivity contribution < 1.29 is 24.2 Å². The van der Waals surface area contributed by atoms with Gasteiger partial charge in [0.1, 0.15) is 30.0 Å². The molecular weight excluding hydrogens is 508 g/mol. The molecule has 3 rings (SSSR count). The molecule has 220 valence electrons. The molecule has 1 amide bonds. The van der Waals surface area contributed by atoms with Crippen LogP contribution in [0.15, 0.2) is 36.4 Å². The quantitative estimate of drug-likeness (QED) is 0.259. The van der Waals surface area contributed by atoms with E-state index in [1.807, 2.05) is 45.0 Å². The SMILES string of the molecule is COc1cccc(OCCN(CCCCc2ccc3c(n2)NCCC3)CC[C@H](NC(=O)CC(C)(C)C)C(=O)O)c1. The molecule has 0 saturated carbocycles. The van der Waals surface area contributed by atoms with Crippen molar-refractivity contribution in [2.75, 3.05) is 45.2 Å². The van der Waals surface area contributed by atoms with Gasteiger partial charge in [0.15, 0.2) is 0 Å². The standard InChI is InChI=1S/C31H46N4O5/c1-31(2,3)22-28(36)34-27(30(37)38)15-18-35(19-20-40-26-12-7-11-25(21-26)39-4)17-6-5-10-24-14-13-23-9-8-16-32-29(23)33-24/h7,11-14,21,27H,5-6,8-10,15-20,22H2,1-4H3,(H,32,33)(H,34,36)(H,37,38)/t27-/m0/s1. The lowest BCUT2D eigenvalue weighted by atomic mass is 9.92. The van der Waals surface area contributed by atoms with Crippen molar-refractivity contribution >= 4 is 17.7 Å². The lowest BCUT2D eigenvalue weighted by Gasteiger charge is -2.25. The predicted molar refractivity (Wildman–Crippen MR) is 157 cm³/mol. The van der Waals surface area contributed by atoms with Crippen LogP contribution in [0.1, 0.15) is 64.1 Å². The largest absolute Gasteiger partial charge is 0.497 e. The van der Waals surface area contributed by atoms with E-state index in [4.69, 9.17) is 14.5 Å². The molecule has 0 spiro atoms. The zero-order valence-corrected chi connectivity index (χ0v) is 24.5. The predicted octanol–water partition coefficient (Wildman–Crippen LogP) is 4.55. The van der Waals surface area contributed by atoms with Gasteiger partial charge in [0.25, 0.3) is 0 Å². The van der Waals surface area contributed by atoms with Crippen molar-refractivity contribution in [3.05, 3.63) is 47.7 Å². The summed E-state index contributed by atoms with van der Waals surface area (Å²) in [5, 5.41) is 15.9. The van der Waals surface area contributed by atoms with Crippen molar-refractivity contribution in [3.8, 4) is 11.5 Å². The molecule has 1 aliphatic heterocycles. The van der Waals surface area contributed by atoms with Crippen LogP contribution in [-0.4, -0.2) is 72.8 Å². The second-order valence-electron chi connectivity index (χ2n) is 11.7. The molecule has 0 saturated heterocycles. The highest BCUT2D eigenvalue weighted by molar-refractivity contribution is 5.83. The highest BCUT2D eigenvalue weighted by Crippen LogP contribution is 2.21. The number of carbonyl (C=O) groups is 2. The zero-order valence-electron chi connectivity index (χ0n) is 24.5. The molecule has 9 heteroatoms. The number of ether oxygens (including phenoxy) is 2. The Balaban J connectivity index is 1.54. The number of hydrogen-bond acceptors (Lipinski definition) is 7. The normalized spacial score (nSPS) is 13.7. The van der Waals surface area contributed by atoms with Gasteiger partial charge in [-0.15, -0.1) is 0 Å². The lowest BCUT2D eigenvalue weighted by Crippen LogP contribution is -2.44. The van der Waals surface area contributed by atoms with Gasteiger partial charge in [-0.25, -0.2) is 9.78 Å². The van der Waals surface area contributed by atoms with Crippen molar-refractivity contribution in [2.24, 2.45) is 5.41 Å². The van der Waals surface area contributed by atoms with Gasteiger partial charge in [-0.05, 0) is 74.2 Å². The molecule has 1 aromatic heterocycles. The summed E-state index contributed by atoms with van der Waals surface area (Å²) in [6, 6.07) is 10.9. The molecule has 1 aliphatic rings. The number of nitrogens with zero attached hydrogens (tertiary/aromatic N) is 2. The van der Waals surface area contributed by atoms with Crippen LogP contribution in [0.25, 0.3) is 0 Å². The van der Waals surface area contributed by atoms with Gasteiger partial charge in [-0.3, -0.25) is 9.69 Å². The summed E-state index contributed by atoms with van der Waals surface area (Å²) < 4.78 is 11.2. The summed E-state index contributed by atoms with van der Waals surface area (Å²) in [4.78, 5) is 31.3. The monoisotopic (exact) mass is 554 g/mol. The average molecular weight is 555 g/mol. The van der Waals surface area contributed by atoms with Crippen LogP contribution in [-0.2, 0) is 22.4 Å². The molecule has 0 unspecified atom stereocenters. The number of anilines is 1. The van der Waals surface area contributed by atoms with Crippen molar-refractivity contribution in [1.82, 2.24) is 15.2 Å². The number of fused-ring (bicyclic) bond motifs is 1. The van der Waals surface area contributed by atoms with E-state index in [9.17, 15) is 14.7 Å². The van der Waals surface area contributed by atoms with Crippen LogP contribution in [0.2, 0.25) is 0 Å². The number of carbonyl (C=O) groups excluding carboxylic acids is 1. The highest BCUT2D eigenvalue weighted by atomic mass is 16.5. The van der Waals surface area contributed by atoms with E-state index < -0.39 is 12.0 Å². The number of aromatic nitrogens is 1. The molecular formula is C31H46N4O5. The Bertz CT molecular complexity index is 1100. The average Bonchev–Trinajstić information content (AvgIpc) is 2.91. The first kappa shape index (κ1) is 31.2. The number of nitrogens with one attached hydrogen (secondary N) is 2. The van der Waals surface area contributed by atoms with Crippen LogP contribution in [0.5, 0.6) is 11.5 Å².